The van der Waals surface area contributed by atoms with Crippen molar-refractivity contribution in [2.45, 2.75) is 32.0 Å². The Morgan fingerprint density at radius 3 is 1.54 bits per heavy atom. The number of benzene rings is 6. The molecule has 0 saturated heterocycles. The normalized spacial score (nSPS) is 14.1. The summed E-state index contributed by atoms with van der Waals surface area (Å²) >= 11 is 0. The first-order valence-corrected chi connectivity index (χ1v) is 18.3. The molecule has 9 nitrogen and oxygen atoms in total. The van der Waals surface area contributed by atoms with Gasteiger partial charge in [0, 0.05) is 28.2 Å². The first-order chi connectivity index (χ1) is 27.0. The first kappa shape index (κ1) is 37.9. The Kier molecular flexibility index (Phi) is 11.2. The summed E-state index contributed by atoms with van der Waals surface area (Å²) in [5.74, 6) is 1.24. The molecule has 56 heavy (non-hydrogen) atoms. The van der Waals surface area contributed by atoms with Gasteiger partial charge in [-0.05, 0) is 88.5 Å². The summed E-state index contributed by atoms with van der Waals surface area (Å²) in [6.45, 7) is 9.68. The van der Waals surface area contributed by atoms with E-state index < -0.39 is 24.1 Å². The minimum atomic E-state index is -1.01. The quantitative estimate of drug-likeness (QED) is 0.0831. The molecule has 1 heterocycles. The molecule has 0 aliphatic carbocycles. The van der Waals surface area contributed by atoms with Crippen LogP contribution in [0.15, 0.2) is 140 Å². The number of fused-ring (bicyclic) bond motifs is 6. The lowest BCUT2D eigenvalue weighted by Crippen LogP contribution is -2.25. The Labute approximate surface area is 325 Å². The third-order valence-corrected chi connectivity index (χ3v) is 9.53. The summed E-state index contributed by atoms with van der Waals surface area (Å²) in [6, 6.07) is 38.4. The van der Waals surface area contributed by atoms with Gasteiger partial charge in [0.15, 0.2) is 0 Å². The molecule has 284 valence electrons. The predicted molar refractivity (Wildman–Crippen MR) is 215 cm³/mol. The minimum absolute atomic E-state index is 0.0636. The lowest BCUT2D eigenvalue weighted by atomic mass is 9.78. The van der Waals surface area contributed by atoms with Crippen molar-refractivity contribution in [1.82, 2.24) is 0 Å². The first-order valence-electron chi connectivity index (χ1n) is 18.3. The Balaban J connectivity index is 1.22. The van der Waals surface area contributed by atoms with Crippen LogP contribution in [0.4, 0.5) is 0 Å². The van der Waals surface area contributed by atoms with Gasteiger partial charge in [-0.25, -0.2) is 9.59 Å². The smallest absolute Gasteiger partial charge is 0.333 e. The fraction of sp³-hybridized carbons (Fsp3) is 0.191. The van der Waals surface area contributed by atoms with Crippen LogP contribution in [0.5, 0.6) is 23.0 Å². The van der Waals surface area contributed by atoms with E-state index in [1.807, 2.05) is 78.9 Å². The molecule has 0 spiro atoms. The Morgan fingerprint density at radius 2 is 1.07 bits per heavy atom. The van der Waals surface area contributed by atoms with E-state index in [9.17, 15) is 19.8 Å². The number of hydrogen-bond acceptors (Lipinski definition) is 9. The Bertz CT molecular complexity index is 2310. The highest BCUT2D eigenvalue weighted by molar-refractivity contribution is 5.96. The molecule has 1 aliphatic rings. The second-order valence-electron chi connectivity index (χ2n) is 13.9. The van der Waals surface area contributed by atoms with Crippen LogP contribution in [0.3, 0.4) is 0 Å². The second kappa shape index (κ2) is 16.5. The summed E-state index contributed by atoms with van der Waals surface area (Å²) in [4.78, 5) is 23.5. The number of ether oxygens (including phenoxy) is 5. The zero-order chi connectivity index (χ0) is 39.3. The topological polar surface area (TPSA) is 121 Å². The fourth-order valence-corrected chi connectivity index (χ4v) is 6.74. The molecule has 0 fully saturated rings. The van der Waals surface area contributed by atoms with Gasteiger partial charge in [-0.1, -0.05) is 92.0 Å². The molecule has 0 bridgehead atoms. The molecule has 0 saturated carbocycles. The highest BCUT2D eigenvalue weighted by atomic mass is 16.6. The van der Waals surface area contributed by atoms with Crippen LogP contribution in [0.25, 0.3) is 32.7 Å². The number of carbonyl (C=O) groups excluding carboxylic acids is 2. The van der Waals surface area contributed by atoms with Crippen molar-refractivity contribution in [3.63, 3.8) is 0 Å². The maximum atomic E-state index is 11.7. The van der Waals surface area contributed by atoms with Crippen LogP contribution >= 0.6 is 0 Å². The maximum Gasteiger partial charge on any atom is 0.333 e. The number of aliphatic hydroxyl groups excluding tert-OH is 2. The lowest BCUT2D eigenvalue weighted by molar-refractivity contribution is -0.143. The molecule has 0 aromatic heterocycles. The van der Waals surface area contributed by atoms with Crippen molar-refractivity contribution in [1.29, 1.82) is 0 Å². The Morgan fingerprint density at radius 1 is 0.607 bits per heavy atom. The van der Waals surface area contributed by atoms with Gasteiger partial charge in [0.05, 0.1) is 0 Å². The van der Waals surface area contributed by atoms with Gasteiger partial charge in [-0.15, -0.1) is 0 Å². The SMILES string of the molecule is C=C(C)C(=O)OCC(O)COc1ccc2c3c(ccc2c1)Oc1ccc2cc(OCC(O)COC(=O)C(=C)C)ccc2c1C3c1ccc(-c2ccccc2)cc1. The standard InChI is InChI=1S/C47H42O9/c1-28(2)46(50)54-26-35(48)24-52-37-16-18-39-33(22-37)14-20-41-44(39)43(32-12-10-31(11-13-32)30-8-6-5-7-9-30)45-40-19-17-38(23-34(40)15-21-42(45)56-41)53-25-36(49)27-55-47(51)29(3)4/h5-23,35-36,43,48-49H,1,3,24-27H2,2,4H3. The van der Waals surface area contributed by atoms with Crippen molar-refractivity contribution in [2.75, 3.05) is 26.4 Å². The average molecular weight is 751 g/mol. The van der Waals surface area contributed by atoms with Crippen LogP contribution in [0.1, 0.15) is 36.5 Å². The van der Waals surface area contributed by atoms with E-state index in [1.165, 1.54) is 0 Å². The van der Waals surface area contributed by atoms with Crippen LogP contribution in [0, 0.1) is 0 Å². The van der Waals surface area contributed by atoms with Crippen molar-refractivity contribution < 1.29 is 43.5 Å². The highest BCUT2D eigenvalue weighted by Gasteiger charge is 2.32. The van der Waals surface area contributed by atoms with E-state index in [-0.39, 0.29) is 43.5 Å². The van der Waals surface area contributed by atoms with E-state index >= 15 is 0 Å². The van der Waals surface area contributed by atoms with Crippen molar-refractivity contribution in [2.24, 2.45) is 0 Å². The molecule has 2 atom stereocenters. The van der Waals surface area contributed by atoms with Gasteiger partial charge in [0.25, 0.3) is 0 Å². The van der Waals surface area contributed by atoms with Crippen LogP contribution < -0.4 is 14.2 Å². The second-order valence-corrected chi connectivity index (χ2v) is 13.9. The monoisotopic (exact) mass is 750 g/mol. The third-order valence-electron chi connectivity index (χ3n) is 9.53. The predicted octanol–water partition coefficient (Wildman–Crippen LogP) is 8.66. The number of hydrogen-bond donors (Lipinski definition) is 2. The molecule has 2 N–H and O–H groups in total. The summed E-state index contributed by atoms with van der Waals surface area (Å²) in [6.07, 6.45) is -2.03. The van der Waals surface area contributed by atoms with Crippen molar-refractivity contribution >= 4 is 33.5 Å². The van der Waals surface area contributed by atoms with Gasteiger partial charge in [-0.2, -0.15) is 0 Å². The molecule has 6 aromatic carbocycles. The van der Waals surface area contributed by atoms with Gasteiger partial charge in [0.1, 0.15) is 61.6 Å². The molecule has 9 heteroatoms. The lowest BCUT2D eigenvalue weighted by Gasteiger charge is -2.31. The maximum absolute atomic E-state index is 11.7. The molecule has 7 rings (SSSR count). The van der Waals surface area contributed by atoms with Gasteiger partial charge < -0.3 is 33.9 Å². The van der Waals surface area contributed by atoms with E-state index in [0.717, 1.165) is 60.9 Å². The van der Waals surface area contributed by atoms with Crippen LogP contribution in [-0.4, -0.2) is 60.8 Å². The molecule has 6 aromatic rings. The summed E-state index contributed by atoms with van der Waals surface area (Å²) < 4.78 is 28.6. The summed E-state index contributed by atoms with van der Waals surface area (Å²) in [5, 5.41) is 24.6. The molecular formula is C47H42O9. The zero-order valence-corrected chi connectivity index (χ0v) is 31.2. The van der Waals surface area contributed by atoms with Gasteiger partial charge >= 0.3 is 11.9 Å². The van der Waals surface area contributed by atoms with E-state index in [1.54, 1.807) is 13.8 Å². The number of aliphatic hydroxyl groups is 2. The fourth-order valence-electron chi connectivity index (χ4n) is 6.74. The molecule has 1 aliphatic heterocycles. The molecule has 0 amide bonds. The largest absolute Gasteiger partial charge is 0.491 e. The highest BCUT2D eigenvalue weighted by Crippen LogP contribution is 2.52. The summed E-state index contributed by atoms with van der Waals surface area (Å²) in [7, 11) is 0. The average Bonchev–Trinajstić information content (AvgIpc) is 3.22. The summed E-state index contributed by atoms with van der Waals surface area (Å²) in [5.41, 5.74) is 5.83. The van der Waals surface area contributed by atoms with Gasteiger partial charge in [-0.3, -0.25) is 0 Å². The van der Waals surface area contributed by atoms with Crippen molar-refractivity contribution in [3.05, 3.63) is 156 Å². The van der Waals surface area contributed by atoms with E-state index in [2.05, 4.69) is 49.6 Å². The Hall–Kier alpha value is -6.42. The molecule has 2 unspecified atom stereocenters. The molecular weight excluding hydrogens is 709 g/mol. The molecule has 0 radical (unpaired) electrons. The number of esters is 2. The van der Waals surface area contributed by atoms with E-state index in [4.69, 9.17) is 23.7 Å². The number of rotatable bonds is 14. The van der Waals surface area contributed by atoms with Crippen molar-refractivity contribution in [3.8, 4) is 34.1 Å². The zero-order valence-electron chi connectivity index (χ0n) is 31.2. The van der Waals surface area contributed by atoms with Gasteiger partial charge in [0.2, 0.25) is 0 Å². The number of carbonyl (C=O) groups is 2. The third kappa shape index (κ3) is 8.29. The van der Waals surface area contributed by atoms with E-state index in [0.29, 0.717) is 11.5 Å². The van der Waals surface area contributed by atoms with Crippen LogP contribution in [0.2, 0.25) is 0 Å². The van der Waals surface area contributed by atoms with Crippen LogP contribution in [-0.2, 0) is 19.1 Å². The minimum Gasteiger partial charge on any atom is -0.491 e.